The summed E-state index contributed by atoms with van der Waals surface area (Å²) in [5.74, 6) is 0.181. The van der Waals surface area contributed by atoms with Gasteiger partial charge in [0.1, 0.15) is 5.75 Å². The highest BCUT2D eigenvalue weighted by Gasteiger charge is 2.06. The lowest BCUT2D eigenvalue weighted by Gasteiger charge is -2.06. The predicted octanol–water partition coefficient (Wildman–Crippen LogP) is 0.111. The molecule has 0 aromatic heterocycles. The Bertz CT molecular complexity index is 538. The van der Waals surface area contributed by atoms with Crippen LogP contribution < -0.4 is 4.18 Å². The second-order valence-electron chi connectivity index (χ2n) is 3.20. The van der Waals surface area contributed by atoms with Gasteiger partial charge in [-0.2, -0.15) is 16.8 Å². The maximum atomic E-state index is 10.7. The summed E-state index contributed by atoms with van der Waals surface area (Å²) in [6.45, 7) is -0.0607. The van der Waals surface area contributed by atoms with E-state index >= 15 is 0 Å². The molecule has 0 radical (unpaired) electrons. The molecule has 1 aromatic rings. The summed E-state index contributed by atoms with van der Waals surface area (Å²) in [4.78, 5) is 0. The summed E-state index contributed by atoms with van der Waals surface area (Å²) in [6.07, 6.45) is 1.19. The zero-order chi connectivity index (χ0) is 12.9. The summed E-state index contributed by atoms with van der Waals surface area (Å²) >= 11 is 0. The fourth-order valence-corrected chi connectivity index (χ4v) is 1.91. The molecule has 0 fully saturated rings. The summed E-state index contributed by atoms with van der Waals surface area (Å²) in [5, 5.41) is 0. The highest BCUT2D eigenvalue weighted by atomic mass is 32.2. The van der Waals surface area contributed by atoms with E-state index in [-0.39, 0.29) is 18.8 Å². The van der Waals surface area contributed by atoms with Gasteiger partial charge in [0.05, 0.1) is 12.9 Å². The van der Waals surface area contributed by atoms with Gasteiger partial charge in [0.25, 0.3) is 21.1 Å². The van der Waals surface area contributed by atoms with Crippen LogP contribution in [0.5, 0.6) is 5.75 Å². The first-order valence-corrected chi connectivity index (χ1v) is 7.54. The van der Waals surface area contributed by atoms with Crippen LogP contribution in [0.3, 0.4) is 0 Å². The molecule has 17 heavy (non-hydrogen) atoms. The lowest BCUT2D eigenvalue weighted by atomic mass is 10.1. The summed E-state index contributed by atoms with van der Waals surface area (Å²) in [6, 6.07) is 6.44. The number of rotatable bonds is 6. The number of hydrogen-bond donors (Lipinski definition) is 1. The molecular weight excluding hydrogens is 268 g/mol. The van der Waals surface area contributed by atoms with Gasteiger partial charge in [-0.15, -0.1) is 0 Å². The van der Waals surface area contributed by atoms with E-state index in [1.807, 2.05) is 0 Å². The average Bonchev–Trinajstić information content (AvgIpc) is 2.18. The molecule has 0 saturated heterocycles. The van der Waals surface area contributed by atoms with Gasteiger partial charge in [-0.3, -0.25) is 4.18 Å². The zero-order valence-corrected chi connectivity index (χ0v) is 10.7. The van der Waals surface area contributed by atoms with E-state index in [4.69, 9.17) is 0 Å². The third-order valence-electron chi connectivity index (χ3n) is 1.81. The second-order valence-corrected chi connectivity index (χ2v) is 5.47. The van der Waals surface area contributed by atoms with Gasteiger partial charge in [0, 0.05) is 6.42 Å². The molecule has 0 aliphatic heterocycles. The van der Waals surface area contributed by atoms with E-state index in [1.54, 1.807) is 18.2 Å². The molecule has 8 heteroatoms. The van der Waals surface area contributed by atoms with Crippen molar-refractivity contribution in [3.05, 3.63) is 29.8 Å². The Balaban J connectivity index is 2.70. The lowest BCUT2D eigenvalue weighted by Crippen LogP contribution is -2.07. The summed E-state index contributed by atoms with van der Waals surface area (Å²) in [5.41, 5.74) is 0.565. The number of thiol groups is 1. The van der Waals surface area contributed by atoms with Gasteiger partial charge in [-0.1, -0.05) is 18.2 Å². The first kappa shape index (κ1) is 13.9. The van der Waals surface area contributed by atoms with Crippen molar-refractivity contribution in [2.45, 2.75) is 6.42 Å². The molecule has 1 rings (SSSR count). The molecule has 96 valence electrons. The highest BCUT2D eigenvalue weighted by Crippen LogP contribution is 2.18. The van der Waals surface area contributed by atoms with Crippen molar-refractivity contribution in [2.75, 3.05) is 12.9 Å². The molecule has 0 aliphatic carbocycles. The van der Waals surface area contributed by atoms with Crippen LogP contribution in [-0.4, -0.2) is 29.7 Å². The highest BCUT2D eigenvalue weighted by molar-refractivity contribution is 7.85. The quantitative estimate of drug-likeness (QED) is 0.588. The third kappa shape index (κ3) is 5.66. The Labute approximate surface area is 101 Å². The van der Waals surface area contributed by atoms with Crippen molar-refractivity contribution in [3.63, 3.8) is 0 Å². The van der Waals surface area contributed by atoms with Crippen molar-refractivity contribution in [3.8, 4) is 5.75 Å². The lowest BCUT2D eigenvalue weighted by molar-refractivity contribution is 0.324. The van der Waals surface area contributed by atoms with Crippen molar-refractivity contribution < 1.29 is 25.2 Å². The van der Waals surface area contributed by atoms with Crippen molar-refractivity contribution in [1.82, 2.24) is 0 Å². The third-order valence-corrected chi connectivity index (χ3v) is 2.75. The fraction of sp³-hybridized carbons (Fsp3) is 0.333. The minimum absolute atomic E-state index is 0.0607. The molecule has 0 heterocycles. The van der Waals surface area contributed by atoms with Gasteiger partial charge in [0.15, 0.2) is 0 Å². The smallest absolute Gasteiger partial charge is 0.299 e. The van der Waals surface area contributed by atoms with Gasteiger partial charge in [-0.05, 0) is 11.6 Å². The number of benzene rings is 1. The van der Waals surface area contributed by atoms with Gasteiger partial charge >= 0.3 is 0 Å². The summed E-state index contributed by atoms with van der Waals surface area (Å²) in [7, 11) is -6.48. The van der Waals surface area contributed by atoms with Crippen LogP contribution in [0.4, 0.5) is 0 Å². The number of para-hydroxylation sites is 1. The maximum Gasteiger partial charge on any atom is 0.299 e. The number of hydrogen-bond acceptors (Lipinski definition) is 6. The predicted molar refractivity (Wildman–Crippen MR) is 61.9 cm³/mol. The second kappa shape index (κ2) is 5.99. The molecule has 6 nitrogen and oxygen atoms in total. The SMILES string of the molecule is CS(=O)(=O)OCCc1ccccc1O[SH](=O)=O. The molecular formula is C9H12O6S2. The van der Waals surface area contributed by atoms with Crippen LogP contribution >= 0.6 is 0 Å². The molecule has 0 saturated carbocycles. The van der Waals surface area contributed by atoms with Crippen LogP contribution in [0.2, 0.25) is 0 Å². The molecule has 0 amide bonds. The molecule has 0 N–H and O–H groups in total. The van der Waals surface area contributed by atoms with Crippen molar-refractivity contribution in [2.24, 2.45) is 0 Å². The molecule has 0 unspecified atom stereocenters. The van der Waals surface area contributed by atoms with Gasteiger partial charge in [0.2, 0.25) is 0 Å². The van der Waals surface area contributed by atoms with E-state index in [0.29, 0.717) is 5.56 Å². The first-order valence-electron chi connectivity index (χ1n) is 4.63. The topological polar surface area (TPSA) is 86.7 Å². The van der Waals surface area contributed by atoms with E-state index < -0.39 is 21.1 Å². The van der Waals surface area contributed by atoms with Crippen LogP contribution in [0.15, 0.2) is 24.3 Å². The van der Waals surface area contributed by atoms with Crippen LogP contribution in [0.25, 0.3) is 0 Å². The molecule has 0 spiro atoms. The Morgan fingerprint density at radius 2 is 1.88 bits per heavy atom. The van der Waals surface area contributed by atoms with E-state index in [9.17, 15) is 16.8 Å². The Kier molecular flexibility index (Phi) is 4.91. The molecule has 1 aromatic carbocycles. The fourth-order valence-electron chi connectivity index (χ4n) is 1.18. The van der Waals surface area contributed by atoms with Gasteiger partial charge in [-0.25, -0.2) is 0 Å². The van der Waals surface area contributed by atoms with Crippen molar-refractivity contribution in [1.29, 1.82) is 0 Å². The van der Waals surface area contributed by atoms with Gasteiger partial charge < -0.3 is 4.18 Å². The maximum absolute atomic E-state index is 10.7. The van der Waals surface area contributed by atoms with Crippen LogP contribution in [0.1, 0.15) is 5.56 Å². The van der Waals surface area contributed by atoms with Crippen LogP contribution in [0, 0.1) is 0 Å². The largest absolute Gasteiger partial charge is 0.384 e. The van der Waals surface area contributed by atoms with E-state index in [2.05, 4.69) is 8.37 Å². The first-order chi connectivity index (χ1) is 7.88. The monoisotopic (exact) mass is 280 g/mol. The minimum Gasteiger partial charge on any atom is -0.384 e. The Morgan fingerprint density at radius 1 is 1.24 bits per heavy atom. The normalized spacial score (nSPS) is 11.6. The standard InChI is InChI=1S/C9H12O6S2/c1-17(12,13)14-7-6-8-4-2-3-5-9(8)15-16(10)11/h2-5,16H,6-7H2,1H3. The van der Waals surface area contributed by atoms with Crippen molar-refractivity contribution >= 4 is 21.1 Å². The molecule has 0 aliphatic rings. The average molecular weight is 280 g/mol. The Morgan fingerprint density at radius 3 is 2.47 bits per heavy atom. The minimum atomic E-state index is -3.49. The van der Waals surface area contributed by atoms with E-state index in [1.165, 1.54) is 6.07 Å². The summed E-state index contributed by atoms with van der Waals surface area (Å²) < 4.78 is 51.5. The molecule has 0 bridgehead atoms. The van der Waals surface area contributed by atoms with E-state index in [0.717, 1.165) is 6.26 Å². The van der Waals surface area contributed by atoms with Crippen LogP contribution in [-0.2, 0) is 31.7 Å². The Hall–Kier alpha value is -1.12. The molecule has 0 atom stereocenters. The zero-order valence-electron chi connectivity index (χ0n) is 9.03.